The molecule has 1 aromatic heterocycles. The van der Waals surface area contributed by atoms with Gasteiger partial charge in [-0.15, -0.1) is 23.7 Å². The van der Waals surface area contributed by atoms with Crippen molar-refractivity contribution in [2.24, 2.45) is 11.1 Å². The van der Waals surface area contributed by atoms with Crippen LogP contribution in [0.25, 0.3) is 10.4 Å². The number of carbonyl (C=O) groups excluding carboxylic acids is 2. The lowest BCUT2D eigenvalue weighted by molar-refractivity contribution is -0.141. The maximum atomic E-state index is 12.8. The summed E-state index contributed by atoms with van der Waals surface area (Å²) >= 11 is 1.60. The largest absolute Gasteiger partial charge is 0.391 e. The van der Waals surface area contributed by atoms with E-state index in [0.717, 1.165) is 21.7 Å². The third-order valence-electron chi connectivity index (χ3n) is 5.49. The number of aliphatic hydroxyl groups is 1. The molecule has 0 bridgehead atoms. The molecule has 7 nitrogen and oxygen atoms in total. The van der Waals surface area contributed by atoms with Crippen LogP contribution in [0.15, 0.2) is 29.8 Å². The fourth-order valence-corrected chi connectivity index (χ4v) is 4.33. The fraction of sp³-hybridized carbons (Fsp3) is 0.500. The van der Waals surface area contributed by atoms with Crippen LogP contribution < -0.4 is 11.1 Å². The zero-order valence-electron chi connectivity index (χ0n) is 18.3. The van der Waals surface area contributed by atoms with Gasteiger partial charge in [0.1, 0.15) is 6.04 Å². The molecule has 0 aliphatic carbocycles. The molecule has 2 amide bonds. The summed E-state index contributed by atoms with van der Waals surface area (Å²) in [5.74, 6) is -0.577. The smallest absolute Gasteiger partial charge is 0.243 e. The Bertz CT molecular complexity index is 910. The minimum Gasteiger partial charge on any atom is -0.391 e. The van der Waals surface area contributed by atoms with Gasteiger partial charge in [0.05, 0.1) is 28.2 Å². The topological polar surface area (TPSA) is 109 Å². The summed E-state index contributed by atoms with van der Waals surface area (Å²) in [6, 6.07) is 6.52. The lowest BCUT2D eigenvalue weighted by Crippen LogP contribution is -2.54. The zero-order chi connectivity index (χ0) is 22.1. The molecule has 1 aliphatic rings. The number of aromatic nitrogens is 1. The first-order chi connectivity index (χ1) is 14.1. The maximum Gasteiger partial charge on any atom is 0.243 e. The van der Waals surface area contributed by atoms with Crippen molar-refractivity contribution >= 4 is 35.6 Å². The summed E-state index contributed by atoms with van der Waals surface area (Å²) in [5.41, 5.74) is 10.6. The molecule has 3 atom stereocenters. The molecule has 1 fully saturated rings. The number of nitrogens with one attached hydrogen (secondary N) is 1. The number of hydrogen-bond donors (Lipinski definition) is 3. The monoisotopic (exact) mass is 466 g/mol. The standard InChI is InChI=1S/C22H30N4O3S.ClH/c1-13-18(30-12-25-13)15-7-5-14(6-8-15)10-24-20(28)17-9-16(27)11-26(17)21(29)19(23)22(2,3)4;/h5-8,12,16-17,19,27H,9-11,23H2,1-4H3,(H,24,28);1H/t16?,17?,19-;/m0./s1. The molecule has 4 N–H and O–H groups in total. The van der Waals surface area contributed by atoms with Gasteiger partial charge >= 0.3 is 0 Å². The fourth-order valence-electron chi connectivity index (χ4n) is 3.51. The van der Waals surface area contributed by atoms with Crippen molar-refractivity contribution in [3.8, 4) is 10.4 Å². The Kier molecular flexibility index (Phi) is 8.21. The van der Waals surface area contributed by atoms with Crippen molar-refractivity contribution in [3.05, 3.63) is 41.0 Å². The van der Waals surface area contributed by atoms with Gasteiger partial charge in [0.15, 0.2) is 0 Å². The van der Waals surface area contributed by atoms with Crippen molar-refractivity contribution in [3.63, 3.8) is 0 Å². The van der Waals surface area contributed by atoms with Gasteiger partial charge in [-0.2, -0.15) is 0 Å². The van der Waals surface area contributed by atoms with Crippen LogP contribution in [0.1, 0.15) is 38.4 Å². The number of nitrogens with two attached hydrogens (primary N) is 1. The Labute approximate surface area is 193 Å². The summed E-state index contributed by atoms with van der Waals surface area (Å²) in [5, 5.41) is 13.0. The summed E-state index contributed by atoms with van der Waals surface area (Å²) < 4.78 is 0. The van der Waals surface area contributed by atoms with Crippen LogP contribution in [-0.2, 0) is 16.1 Å². The highest BCUT2D eigenvalue weighted by Gasteiger charge is 2.42. The number of aliphatic hydroxyl groups excluding tert-OH is 1. The molecule has 1 aliphatic heterocycles. The third-order valence-corrected chi connectivity index (χ3v) is 6.47. The number of aryl methyl sites for hydroxylation is 1. The second kappa shape index (κ2) is 10.1. The summed E-state index contributed by atoms with van der Waals surface area (Å²) in [6.45, 7) is 8.11. The molecule has 0 saturated carbocycles. The van der Waals surface area contributed by atoms with Crippen molar-refractivity contribution in [1.29, 1.82) is 0 Å². The summed E-state index contributed by atoms with van der Waals surface area (Å²) in [4.78, 5) is 32.4. The number of halogens is 1. The van der Waals surface area contributed by atoms with E-state index in [1.165, 1.54) is 4.90 Å². The molecule has 2 heterocycles. The molecule has 2 unspecified atom stereocenters. The van der Waals surface area contributed by atoms with Crippen LogP contribution in [0.4, 0.5) is 0 Å². The van der Waals surface area contributed by atoms with Gasteiger partial charge in [-0.3, -0.25) is 9.59 Å². The third kappa shape index (κ3) is 5.83. The Balaban J connectivity index is 0.00000341. The van der Waals surface area contributed by atoms with E-state index in [1.54, 1.807) is 11.3 Å². The van der Waals surface area contributed by atoms with E-state index >= 15 is 0 Å². The predicted molar refractivity (Wildman–Crippen MR) is 125 cm³/mol. The number of likely N-dealkylation sites (tertiary alicyclic amines) is 1. The number of thiazole rings is 1. The highest BCUT2D eigenvalue weighted by Crippen LogP contribution is 2.27. The van der Waals surface area contributed by atoms with E-state index in [4.69, 9.17) is 5.73 Å². The number of carbonyl (C=O) groups is 2. The van der Waals surface area contributed by atoms with Crippen molar-refractivity contribution in [1.82, 2.24) is 15.2 Å². The highest BCUT2D eigenvalue weighted by molar-refractivity contribution is 7.13. The number of nitrogens with zero attached hydrogens (tertiary/aromatic N) is 2. The van der Waals surface area contributed by atoms with Crippen LogP contribution in [0.2, 0.25) is 0 Å². The molecular formula is C22H31ClN4O3S. The summed E-state index contributed by atoms with van der Waals surface area (Å²) in [7, 11) is 0. The van der Waals surface area contributed by atoms with Gasteiger partial charge in [0.2, 0.25) is 11.8 Å². The highest BCUT2D eigenvalue weighted by atomic mass is 35.5. The minimum absolute atomic E-state index is 0. The van der Waals surface area contributed by atoms with Gasteiger partial charge in [-0.05, 0) is 23.5 Å². The van der Waals surface area contributed by atoms with Crippen LogP contribution in [0.5, 0.6) is 0 Å². The van der Waals surface area contributed by atoms with E-state index < -0.39 is 23.6 Å². The van der Waals surface area contributed by atoms with Gasteiger partial charge in [-0.25, -0.2) is 4.98 Å². The first-order valence-corrected chi connectivity index (χ1v) is 11.0. The van der Waals surface area contributed by atoms with Crippen LogP contribution >= 0.6 is 23.7 Å². The Morgan fingerprint density at radius 3 is 2.52 bits per heavy atom. The van der Waals surface area contributed by atoms with E-state index in [2.05, 4.69) is 10.3 Å². The number of rotatable bonds is 5. The molecule has 9 heteroatoms. The molecule has 0 radical (unpaired) electrons. The quantitative estimate of drug-likeness (QED) is 0.627. The van der Waals surface area contributed by atoms with E-state index in [-0.39, 0.29) is 37.2 Å². The van der Waals surface area contributed by atoms with Crippen LogP contribution in [0.3, 0.4) is 0 Å². The summed E-state index contributed by atoms with van der Waals surface area (Å²) in [6.07, 6.45) is -0.503. The Morgan fingerprint density at radius 2 is 1.97 bits per heavy atom. The van der Waals surface area contributed by atoms with E-state index in [1.807, 2.05) is 57.5 Å². The van der Waals surface area contributed by atoms with E-state index in [9.17, 15) is 14.7 Å². The van der Waals surface area contributed by atoms with Crippen molar-refractivity contribution < 1.29 is 14.7 Å². The molecule has 1 aromatic carbocycles. The molecule has 3 rings (SSSR count). The van der Waals surface area contributed by atoms with Gasteiger partial charge < -0.3 is 21.1 Å². The van der Waals surface area contributed by atoms with Gasteiger partial charge in [0.25, 0.3) is 0 Å². The predicted octanol–water partition coefficient (Wildman–Crippen LogP) is 2.49. The van der Waals surface area contributed by atoms with Crippen LogP contribution in [0, 0.1) is 12.3 Å². The maximum absolute atomic E-state index is 12.8. The molecular weight excluding hydrogens is 436 g/mol. The van der Waals surface area contributed by atoms with Gasteiger partial charge in [0, 0.05) is 19.5 Å². The molecule has 1 saturated heterocycles. The van der Waals surface area contributed by atoms with E-state index in [0.29, 0.717) is 6.54 Å². The lowest BCUT2D eigenvalue weighted by atomic mass is 9.86. The van der Waals surface area contributed by atoms with Crippen molar-refractivity contribution in [2.45, 2.75) is 58.8 Å². The molecule has 0 spiro atoms. The number of β-amino-alcohol motifs (C(OH)–C–C–N with tert-alkyl or cyclic N) is 1. The first-order valence-electron chi connectivity index (χ1n) is 10.1. The molecule has 170 valence electrons. The second-order valence-corrected chi connectivity index (χ2v) is 9.78. The normalized spacial score (nSPS) is 19.6. The Morgan fingerprint density at radius 1 is 1.32 bits per heavy atom. The second-order valence-electron chi connectivity index (χ2n) is 8.92. The minimum atomic E-state index is -0.735. The molecule has 31 heavy (non-hydrogen) atoms. The zero-order valence-corrected chi connectivity index (χ0v) is 19.9. The number of benzene rings is 1. The average Bonchev–Trinajstić information content (AvgIpc) is 3.30. The lowest BCUT2D eigenvalue weighted by Gasteiger charge is -2.32. The Hall–Kier alpha value is -2.00. The van der Waals surface area contributed by atoms with Crippen LogP contribution in [-0.4, -0.2) is 51.5 Å². The average molecular weight is 467 g/mol. The van der Waals surface area contributed by atoms with Crippen molar-refractivity contribution in [2.75, 3.05) is 6.54 Å². The first kappa shape index (κ1) is 25.3. The SMILES string of the molecule is Cc1ncsc1-c1ccc(CNC(=O)C2CC(O)CN2C(=O)[C@H](N)C(C)(C)C)cc1.Cl. The molecule has 2 aromatic rings. The number of hydrogen-bond acceptors (Lipinski definition) is 6. The number of amides is 2. The van der Waals surface area contributed by atoms with Gasteiger partial charge in [-0.1, -0.05) is 45.0 Å².